The molecule has 80 valence electrons. The van der Waals surface area contributed by atoms with Crippen LogP contribution in [-0.4, -0.2) is 23.1 Å². The Morgan fingerprint density at radius 1 is 1.00 bits per heavy atom. The minimum atomic E-state index is 0. The predicted octanol–water partition coefficient (Wildman–Crippen LogP) is -0.166. The van der Waals surface area contributed by atoms with Crippen LogP contribution in [0.2, 0.25) is 0 Å². The Bertz CT molecular complexity index is 180. The SMILES string of the molecule is C[C-](C)C.[Br-].[Cu+].[Mg+2].[S-]c1ccccc1. The molecule has 0 aliphatic heterocycles. The fraction of sp³-hybridized carbons (Fsp3) is 0.300. The van der Waals surface area contributed by atoms with Crippen LogP contribution in [0.15, 0.2) is 35.2 Å². The van der Waals surface area contributed by atoms with E-state index in [0.29, 0.717) is 0 Å². The quantitative estimate of drug-likeness (QED) is 0.361. The van der Waals surface area contributed by atoms with Gasteiger partial charge in [0.2, 0.25) is 0 Å². The van der Waals surface area contributed by atoms with Crippen molar-refractivity contribution in [1.29, 1.82) is 0 Å². The Hall–Kier alpha value is 1.21. The Balaban J connectivity index is -0.0000000650. The van der Waals surface area contributed by atoms with Crippen LogP contribution in [0.4, 0.5) is 0 Å². The van der Waals surface area contributed by atoms with Crippen molar-refractivity contribution in [3.05, 3.63) is 36.2 Å². The van der Waals surface area contributed by atoms with Crippen molar-refractivity contribution in [2.75, 3.05) is 0 Å². The molecule has 4 heteroatoms. The van der Waals surface area contributed by atoms with E-state index in [4.69, 9.17) is 12.6 Å². The molecule has 0 amide bonds. The summed E-state index contributed by atoms with van der Waals surface area (Å²) in [6.45, 7) is 6.25. The van der Waals surface area contributed by atoms with Gasteiger partial charge in [0.05, 0.1) is 0 Å². The standard InChI is InChI=1S/C6H6S.C4H9.BrH.Cu.Mg/c7-6-4-2-1-3-5-6;1-4(2)3;;;/h1-5,7H;1-3H3;1H;;/q;-1;;+1;+2/p-2. The Morgan fingerprint density at radius 3 is 1.43 bits per heavy atom. The van der Waals surface area contributed by atoms with Gasteiger partial charge in [-0.1, -0.05) is 30.3 Å². The monoisotopic (exact) mass is 332 g/mol. The summed E-state index contributed by atoms with van der Waals surface area (Å²) in [5, 5.41) is 0. The number of halogens is 1. The van der Waals surface area contributed by atoms with Crippen LogP contribution in [0.3, 0.4) is 0 Å². The molecule has 1 aromatic rings. The van der Waals surface area contributed by atoms with Crippen LogP contribution in [0, 0.1) is 5.92 Å². The Morgan fingerprint density at radius 2 is 1.29 bits per heavy atom. The van der Waals surface area contributed by atoms with Crippen LogP contribution < -0.4 is 17.0 Å². The molecule has 0 N–H and O–H groups in total. The minimum absolute atomic E-state index is 0. The summed E-state index contributed by atoms with van der Waals surface area (Å²) in [7, 11) is 0. The van der Waals surface area contributed by atoms with E-state index >= 15 is 0 Å². The smallest absolute Gasteiger partial charge is 1.00 e. The molecular weight excluding hydrogens is 320 g/mol. The fourth-order valence-corrected chi connectivity index (χ4v) is 0.578. The third-order valence-electron chi connectivity index (χ3n) is 0.743. The van der Waals surface area contributed by atoms with Gasteiger partial charge < -0.3 is 35.5 Å². The van der Waals surface area contributed by atoms with Crippen LogP contribution in [-0.2, 0) is 29.7 Å². The van der Waals surface area contributed by atoms with Gasteiger partial charge in [-0.3, -0.25) is 0 Å². The molecule has 0 radical (unpaired) electrons. The van der Waals surface area contributed by atoms with Crippen molar-refractivity contribution < 1.29 is 34.1 Å². The number of rotatable bonds is 0. The summed E-state index contributed by atoms with van der Waals surface area (Å²) < 4.78 is 0. The predicted molar refractivity (Wildman–Crippen MR) is 58.1 cm³/mol. The zero-order chi connectivity index (χ0) is 8.69. The van der Waals surface area contributed by atoms with Gasteiger partial charge in [0, 0.05) is 0 Å². The Kier molecular flexibility index (Phi) is 29.0. The van der Waals surface area contributed by atoms with E-state index in [0.717, 1.165) is 4.90 Å². The second-order valence-electron chi connectivity index (χ2n) is 2.81. The largest absolute Gasteiger partial charge is 2.00 e. The summed E-state index contributed by atoms with van der Waals surface area (Å²) in [5.74, 6) is 1.42. The molecule has 0 aliphatic carbocycles. The zero-order valence-corrected chi connectivity index (χ0v) is 13.4. The molecular formula is C10H14BrCuMgS. The first-order valence-corrected chi connectivity index (χ1v) is 4.02. The molecule has 0 nitrogen and oxygen atoms in total. The molecule has 0 saturated carbocycles. The summed E-state index contributed by atoms with van der Waals surface area (Å²) in [4.78, 5) is 0.905. The van der Waals surface area contributed by atoms with Crippen molar-refractivity contribution in [2.24, 2.45) is 0 Å². The van der Waals surface area contributed by atoms with E-state index in [-0.39, 0.29) is 57.1 Å². The van der Waals surface area contributed by atoms with E-state index in [9.17, 15) is 0 Å². The minimum Gasteiger partial charge on any atom is -1.00 e. The molecule has 0 unspecified atom stereocenters. The summed E-state index contributed by atoms with van der Waals surface area (Å²) in [5.41, 5.74) is 0. The number of hydrogen-bond acceptors (Lipinski definition) is 1. The second kappa shape index (κ2) is 16.6. The maximum atomic E-state index is 4.81. The first kappa shape index (κ1) is 24.4. The molecule has 1 aromatic carbocycles. The molecule has 0 heterocycles. The molecule has 0 aromatic heterocycles. The third kappa shape index (κ3) is 23.2. The van der Waals surface area contributed by atoms with Gasteiger partial charge in [0.25, 0.3) is 0 Å². The van der Waals surface area contributed by atoms with Gasteiger partial charge in [0.1, 0.15) is 0 Å². The van der Waals surface area contributed by atoms with E-state index in [2.05, 4.69) is 20.8 Å². The van der Waals surface area contributed by atoms with Crippen molar-refractivity contribution >= 4 is 35.7 Å². The topological polar surface area (TPSA) is 0 Å². The normalized spacial score (nSPS) is 6.86. The summed E-state index contributed by atoms with van der Waals surface area (Å²) in [6.07, 6.45) is 0. The molecule has 0 aliphatic rings. The molecule has 0 fully saturated rings. The third-order valence-corrected chi connectivity index (χ3v) is 1.02. The molecule has 1 rings (SSSR count). The van der Waals surface area contributed by atoms with Gasteiger partial charge >= 0.3 is 40.1 Å². The van der Waals surface area contributed by atoms with Crippen molar-refractivity contribution in [2.45, 2.75) is 25.7 Å². The molecule has 0 atom stereocenters. The summed E-state index contributed by atoms with van der Waals surface area (Å²) in [6, 6.07) is 9.62. The molecule has 0 bridgehead atoms. The Labute approximate surface area is 130 Å². The van der Waals surface area contributed by atoms with Crippen LogP contribution in [0.25, 0.3) is 0 Å². The van der Waals surface area contributed by atoms with Crippen LogP contribution in [0.5, 0.6) is 0 Å². The first-order valence-electron chi connectivity index (χ1n) is 3.61. The maximum absolute atomic E-state index is 4.81. The zero-order valence-electron chi connectivity index (χ0n) is 8.68. The number of benzene rings is 1. The molecule has 0 spiro atoms. The van der Waals surface area contributed by atoms with E-state index in [1.165, 1.54) is 5.92 Å². The van der Waals surface area contributed by atoms with Gasteiger partial charge in [-0.05, 0) is 0 Å². The van der Waals surface area contributed by atoms with E-state index in [1.54, 1.807) is 0 Å². The van der Waals surface area contributed by atoms with Gasteiger partial charge in [0.15, 0.2) is 0 Å². The van der Waals surface area contributed by atoms with Crippen molar-refractivity contribution in [3.63, 3.8) is 0 Å². The van der Waals surface area contributed by atoms with Crippen LogP contribution >= 0.6 is 0 Å². The average Bonchev–Trinajstić information content (AvgIpc) is 1.87. The first-order chi connectivity index (χ1) is 5.13. The number of hydrogen-bond donors (Lipinski definition) is 0. The average molecular weight is 334 g/mol. The second-order valence-corrected chi connectivity index (χ2v) is 3.28. The van der Waals surface area contributed by atoms with Gasteiger partial charge in [-0.25, -0.2) is 0 Å². The maximum Gasteiger partial charge on any atom is 2.00 e. The van der Waals surface area contributed by atoms with E-state index in [1.807, 2.05) is 30.3 Å². The molecule has 0 saturated heterocycles. The van der Waals surface area contributed by atoms with Crippen LogP contribution in [0.1, 0.15) is 20.8 Å². The van der Waals surface area contributed by atoms with Crippen molar-refractivity contribution in [1.82, 2.24) is 0 Å². The van der Waals surface area contributed by atoms with E-state index < -0.39 is 0 Å². The van der Waals surface area contributed by atoms with Gasteiger partial charge in [-0.2, -0.15) is 25.7 Å². The fourth-order valence-electron chi connectivity index (χ4n) is 0.420. The molecule has 14 heavy (non-hydrogen) atoms. The summed E-state index contributed by atoms with van der Waals surface area (Å²) >= 11 is 4.81. The van der Waals surface area contributed by atoms with Gasteiger partial charge in [-0.15, -0.1) is 0 Å². The van der Waals surface area contributed by atoms with Crippen molar-refractivity contribution in [3.8, 4) is 0 Å².